The highest BCUT2D eigenvalue weighted by atomic mass is 35.5. The van der Waals surface area contributed by atoms with Gasteiger partial charge in [0.15, 0.2) is 0 Å². The van der Waals surface area contributed by atoms with Crippen LogP contribution in [0.4, 0.5) is 0 Å². The molecule has 0 radical (unpaired) electrons. The summed E-state index contributed by atoms with van der Waals surface area (Å²) in [4.78, 5) is 3.31. The third-order valence-corrected chi connectivity index (χ3v) is 4.56. The minimum atomic E-state index is 0.0126. The smallest absolute Gasteiger partial charge is 0.0681 e. The minimum Gasteiger partial charge on any atom is -0.361 e. The van der Waals surface area contributed by atoms with Crippen molar-refractivity contribution in [2.45, 2.75) is 32.1 Å². The van der Waals surface area contributed by atoms with Crippen LogP contribution in [0.2, 0.25) is 5.02 Å². The Hall–Kier alpha value is -1.78. The molecule has 1 unspecified atom stereocenters. The quantitative estimate of drug-likeness (QED) is 0.764. The van der Waals surface area contributed by atoms with E-state index in [-0.39, 0.29) is 11.3 Å². The molecule has 3 aromatic rings. The lowest BCUT2D eigenvalue weighted by atomic mass is 9.90. The third kappa shape index (κ3) is 2.89. The zero-order valence-corrected chi connectivity index (χ0v) is 14.8. The molecule has 0 spiro atoms. The number of benzene rings is 1. The second-order valence-corrected chi connectivity index (χ2v) is 7.49. The standard InChI is InChI=1S/C18H23ClN4/c1-18(2,3)17-8-16(23(4)22-17)13(9-20)14-10-21-15-6-5-11(19)7-12(14)15/h5-8,10,13,21H,9,20H2,1-4H3. The number of H-pyrrole nitrogens is 1. The van der Waals surface area contributed by atoms with Crippen LogP contribution in [-0.4, -0.2) is 21.3 Å². The Bertz CT molecular complexity index is 838. The number of aromatic amines is 1. The summed E-state index contributed by atoms with van der Waals surface area (Å²) in [7, 11) is 1.98. The molecular weight excluding hydrogens is 308 g/mol. The summed E-state index contributed by atoms with van der Waals surface area (Å²) in [6, 6.07) is 8.05. The topological polar surface area (TPSA) is 59.6 Å². The molecule has 1 aromatic carbocycles. The number of halogens is 1. The van der Waals surface area contributed by atoms with Gasteiger partial charge in [-0.15, -0.1) is 0 Å². The largest absolute Gasteiger partial charge is 0.361 e. The second-order valence-electron chi connectivity index (χ2n) is 7.05. The predicted molar refractivity (Wildman–Crippen MR) is 96.1 cm³/mol. The fourth-order valence-electron chi connectivity index (χ4n) is 2.98. The van der Waals surface area contributed by atoms with Gasteiger partial charge in [0.1, 0.15) is 0 Å². The van der Waals surface area contributed by atoms with Gasteiger partial charge >= 0.3 is 0 Å². The Morgan fingerprint density at radius 2 is 2.04 bits per heavy atom. The second kappa shape index (κ2) is 5.69. The number of nitrogens with one attached hydrogen (secondary N) is 1. The molecule has 23 heavy (non-hydrogen) atoms. The molecule has 2 aromatic heterocycles. The maximum Gasteiger partial charge on any atom is 0.0681 e. The van der Waals surface area contributed by atoms with Crippen molar-refractivity contribution in [3.63, 3.8) is 0 Å². The average molecular weight is 331 g/mol. The van der Waals surface area contributed by atoms with Gasteiger partial charge in [-0.1, -0.05) is 32.4 Å². The van der Waals surface area contributed by atoms with Gasteiger partial charge in [0, 0.05) is 52.7 Å². The number of nitrogens with two attached hydrogens (primary N) is 1. The van der Waals surface area contributed by atoms with Crippen LogP contribution in [0, 0.1) is 0 Å². The molecule has 4 nitrogen and oxygen atoms in total. The molecule has 3 rings (SSSR count). The molecule has 0 bridgehead atoms. The summed E-state index contributed by atoms with van der Waals surface area (Å²) in [5.74, 6) is 0.0795. The zero-order valence-electron chi connectivity index (χ0n) is 14.0. The molecule has 0 saturated carbocycles. The van der Waals surface area contributed by atoms with E-state index in [1.807, 2.05) is 36.1 Å². The molecule has 0 aliphatic carbocycles. The fraction of sp³-hybridized carbons (Fsp3) is 0.389. The summed E-state index contributed by atoms with van der Waals surface area (Å²) in [6.45, 7) is 7.02. The van der Waals surface area contributed by atoms with Crippen molar-refractivity contribution in [1.29, 1.82) is 0 Å². The molecule has 3 N–H and O–H groups in total. The highest BCUT2D eigenvalue weighted by molar-refractivity contribution is 6.31. The molecule has 0 aliphatic rings. The van der Waals surface area contributed by atoms with E-state index in [4.69, 9.17) is 17.3 Å². The normalized spacial score (nSPS) is 13.7. The Labute approximate surface area is 141 Å². The summed E-state index contributed by atoms with van der Waals surface area (Å²) in [5, 5.41) is 6.53. The number of nitrogens with zero attached hydrogens (tertiary/aromatic N) is 2. The maximum atomic E-state index is 6.17. The molecule has 0 amide bonds. The predicted octanol–water partition coefficient (Wildman–Crippen LogP) is 3.94. The molecule has 1 atom stereocenters. The minimum absolute atomic E-state index is 0.0126. The van der Waals surface area contributed by atoms with E-state index in [2.05, 4.69) is 36.9 Å². The first-order chi connectivity index (χ1) is 10.8. The van der Waals surface area contributed by atoms with Crippen molar-refractivity contribution in [2.24, 2.45) is 12.8 Å². The van der Waals surface area contributed by atoms with Gasteiger partial charge in [0.25, 0.3) is 0 Å². The van der Waals surface area contributed by atoms with E-state index >= 15 is 0 Å². The SMILES string of the molecule is Cn1nc(C(C)(C)C)cc1C(CN)c1c[nH]c2ccc(Cl)cc12. The first-order valence-electron chi connectivity index (χ1n) is 7.82. The van der Waals surface area contributed by atoms with E-state index in [1.54, 1.807) is 0 Å². The van der Waals surface area contributed by atoms with Crippen LogP contribution in [0.3, 0.4) is 0 Å². The average Bonchev–Trinajstić information content (AvgIpc) is 3.05. The van der Waals surface area contributed by atoms with Crippen LogP contribution in [0.5, 0.6) is 0 Å². The lowest BCUT2D eigenvalue weighted by Crippen LogP contribution is -2.16. The van der Waals surface area contributed by atoms with E-state index in [1.165, 1.54) is 0 Å². The Balaban J connectivity index is 2.12. The molecule has 0 aliphatic heterocycles. The highest BCUT2D eigenvalue weighted by Gasteiger charge is 2.24. The van der Waals surface area contributed by atoms with Crippen LogP contribution < -0.4 is 5.73 Å². The summed E-state index contributed by atoms with van der Waals surface area (Å²) in [5.41, 5.74) is 10.6. The Morgan fingerprint density at radius 3 is 2.65 bits per heavy atom. The van der Waals surface area contributed by atoms with Gasteiger partial charge in [-0.2, -0.15) is 5.10 Å². The number of rotatable bonds is 3. The van der Waals surface area contributed by atoms with Crippen molar-refractivity contribution in [3.8, 4) is 0 Å². The third-order valence-electron chi connectivity index (χ3n) is 4.33. The van der Waals surface area contributed by atoms with E-state index in [9.17, 15) is 0 Å². The van der Waals surface area contributed by atoms with Gasteiger partial charge in [-0.3, -0.25) is 4.68 Å². The van der Waals surface area contributed by atoms with E-state index in [0.717, 1.165) is 32.9 Å². The lowest BCUT2D eigenvalue weighted by Gasteiger charge is -2.15. The van der Waals surface area contributed by atoms with Gasteiger partial charge in [-0.25, -0.2) is 0 Å². The number of hydrogen-bond donors (Lipinski definition) is 2. The van der Waals surface area contributed by atoms with Crippen molar-refractivity contribution >= 4 is 22.5 Å². The van der Waals surface area contributed by atoms with Gasteiger partial charge in [-0.05, 0) is 29.8 Å². The first kappa shape index (κ1) is 16.1. The molecule has 0 saturated heterocycles. The van der Waals surface area contributed by atoms with Crippen molar-refractivity contribution in [2.75, 3.05) is 6.54 Å². The molecule has 122 valence electrons. The zero-order chi connectivity index (χ0) is 16.8. The summed E-state index contributed by atoms with van der Waals surface area (Å²) >= 11 is 6.17. The van der Waals surface area contributed by atoms with Crippen molar-refractivity contribution < 1.29 is 0 Å². The first-order valence-corrected chi connectivity index (χ1v) is 8.20. The molecule has 2 heterocycles. The lowest BCUT2D eigenvalue weighted by molar-refractivity contribution is 0.550. The summed E-state index contributed by atoms with van der Waals surface area (Å²) in [6.07, 6.45) is 2.03. The monoisotopic (exact) mass is 330 g/mol. The van der Waals surface area contributed by atoms with Crippen LogP contribution in [0.25, 0.3) is 10.9 Å². The number of aryl methyl sites for hydroxylation is 1. The highest BCUT2D eigenvalue weighted by Crippen LogP contribution is 2.33. The molecular formula is C18H23ClN4. The van der Waals surface area contributed by atoms with E-state index in [0.29, 0.717) is 6.54 Å². The van der Waals surface area contributed by atoms with Crippen LogP contribution in [0.15, 0.2) is 30.5 Å². The van der Waals surface area contributed by atoms with Crippen molar-refractivity contribution in [3.05, 3.63) is 52.4 Å². The van der Waals surface area contributed by atoms with Gasteiger partial charge < -0.3 is 10.7 Å². The van der Waals surface area contributed by atoms with Crippen LogP contribution >= 0.6 is 11.6 Å². The van der Waals surface area contributed by atoms with E-state index < -0.39 is 0 Å². The molecule has 0 fully saturated rings. The van der Waals surface area contributed by atoms with Crippen molar-refractivity contribution in [1.82, 2.24) is 14.8 Å². The Kier molecular flexibility index (Phi) is 3.98. The fourth-order valence-corrected chi connectivity index (χ4v) is 3.16. The van der Waals surface area contributed by atoms with Gasteiger partial charge in [0.05, 0.1) is 5.69 Å². The van der Waals surface area contributed by atoms with Crippen LogP contribution in [0.1, 0.15) is 43.6 Å². The summed E-state index contributed by atoms with van der Waals surface area (Å²) < 4.78 is 1.95. The van der Waals surface area contributed by atoms with Gasteiger partial charge in [0.2, 0.25) is 0 Å². The number of fused-ring (bicyclic) bond motifs is 1. The maximum absolute atomic E-state index is 6.17. The molecule has 5 heteroatoms. The number of aromatic nitrogens is 3. The Morgan fingerprint density at radius 1 is 1.30 bits per heavy atom. The van der Waals surface area contributed by atoms with Crippen LogP contribution in [-0.2, 0) is 12.5 Å². The number of hydrogen-bond acceptors (Lipinski definition) is 2.